The van der Waals surface area contributed by atoms with Crippen LogP contribution in [-0.2, 0) is 14.3 Å². The second-order valence-electron chi connectivity index (χ2n) is 13.0. The number of carbonyl (C=O) groups is 2. The molecule has 1 aromatic heterocycles. The van der Waals surface area contributed by atoms with E-state index in [4.69, 9.17) is 9.15 Å². The van der Waals surface area contributed by atoms with Gasteiger partial charge in [-0.25, -0.2) is 4.98 Å². The molecular weight excluding hydrogens is 508 g/mol. The Morgan fingerprint density at radius 3 is 2.62 bits per heavy atom. The summed E-state index contributed by atoms with van der Waals surface area (Å²) < 4.78 is 11.8. The molecule has 220 valence electrons. The number of hydrogen-bond acceptors (Lipinski definition) is 7. The Bertz CT molecular complexity index is 1260. The minimum Gasteiger partial charge on any atom is -0.441 e. The zero-order valence-corrected chi connectivity index (χ0v) is 25.0. The predicted octanol–water partition coefficient (Wildman–Crippen LogP) is 5.34. The molecule has 3 N–H and O–H groups in total. The standard InChI is InChI=1S/C32H46N2O6/c1-18(2)10-12-22-29(37)19(3)9-8-14-32(7)27(40-32)16-23(21-11-13-25-24(15-21)33-20(4)39-25)34-28(36)17-26(35)31(5,6)30(22)38/h10-11,13,15,19,22-23,26-27,29,35,37H,8-9,12,14,16-17H2,1-7H3,(H,34,36)/t19-,22+,23-,26-,27?,29+,32?/m0/s1. The van der Waals surface area contributed by atoms with Crippen molar-refractivity contribution in [3.63, 3.8) is 0 Å². The number of ether oxygens (including phenoxy) is 1. The maximum atomic E-state index is 13.9. The first-order valence-corrected chi connectivity index (χ1v) is 14.6. The topological polar surface area (TPSA) is 125 Å². The Balaban J connectivity index is 1.63. The van der Waals surface area contributed by atoms with Crippen LogP contribution in [0.15, 0.2) is 34.3 Å². The van der Waals surface area contributed by atoms with Crippen molar-refractivity contribution in [2.75, 3.05) is 0 Å². The van der Waals surface area contributed by atoms with E-state index in [0.29, 0.717) is 24.3 Å². The number of fused-ring (bicyclic) bond motifs is 2. The Hall–Kier alpha value is -2.55. The fourth-order valence-corrected chi connectivity index (χ4v) is 6.01. The molecule has 8 heteroatoms. The van der Waals surface area contributed by atoms with Gasteiger partial charge in [0.15, 0.2) is 11.5 Å². The molecule has 2 fully saturated rings. The summed E-state index contributed by atoms with van der Waals surface area (Å²) in [5.41, 5.74) is 1.82. The van der Waals surface area contributed by atoms with Crippen molar-refractivity contribution in [3.8, 4) is 0 Å². The molecule has 0 radical (unpaired) electrons. The Kier molecular flexibility index (Phi) is 8.93. The van der Waals surface area contributed by atoms with E-state index in [-0.39, 0.29) is 41.8 Å². The maximum absolute atomic E-state index is 13.9. The van der Waals surface area contributed by atoms with Gasteiger partial charge in [-0.3, -0.25) is 9.59 Å². The average molecular weight is 555 g/mol. The SMILES string of the molecule is CC(C)=CC[C@H]1C(=O)C(C)(C)[C@@H](O)CC(=O)N[C@H](c2ccc3oc(C)nc3c2)CC2OC2(C)CCC[C@H](C)[C@H]1O. The first kappa shape index (κ1) is 30.4. The lowest BCUT2D eigenvalue weighted by Gasteiger charge is -2.36. The summed E-state index contributed by atoms with van der Waals surface area (Å²) in [4.78, 5) is 31.6. The average Bonchev–Trinajstić information content (AvgIpc) is 3.34. The minimum atomic E-state index is -1.22. The van der Waals surface area contributed by atoms with E-state index in [1.54, 1.807) is 20.8 Å². The fraction of sp³-hybridized carbons (Fsp3) is 0.656. The third-order valence-corrected chi connectivity index (χ3v) is 9.03. The van der Waals surface area contributed by atoms with E-state index >= 15 is 0 Å². The Morgan fingerprint density at radius 1 is 1.20 bits per heavy atom. The molecule has 8 nitrogen and oxygen atoms in total. The molecule has 3 heterocycles. The van der Waals surface area contributed by atoms with Gasteiger partial charge in [-0.05, 0) is 63.6 Å². The van der Waals surface area contributed by atoms with Gasteiger partial charge in [0.05, 0.1) is 41.8 Å². The van der Waals surface area contributed by atoms with Crippen LogP contribution in [0.1, 0.15) is 97.6 Å². The number of hydrogen-bond donors (Lipinski definition) is 3. The largest absolute Gasteiger partial charge is 0.441 e. The first-order valence-electron chi connectivity index (χ1n) is 14.6. The normalized spacial score (nSPS) is 33.7. The summed E-state index contributed by atoms with van der Waals surface area (Å²) in [6, 6.07) is 5.36. The van der Waals surface area contributed by atoms with Gasteiger partial charge in [-0.1, -0.05) is 44.9 Å². The van der Waals surface area contributed by atoms with E-state index in [9.17, 15) is 19.8 Å². The number of allylic oxidation sites excluding steroid dienone is 2. The minimum absolute atomic E-state index is 0.0333. The van der Waals surface area contributed by atoms with Crippen molar-refractivity contribution in [1.82, 2.24) is 10.3 Å². The van der Waals surface area contributed by atoms with Crippen LogP contribution in [0.2, 0.25) is 0 Å². The number of ketones is 1. The molecule has 2 aliphatic rings. The van der Waals surface area contributed by atoms with Crippen LogP contribution < -0.4 is 5.32 Å². The summed E-state index contributed by atoms with van der Waals surface area (Å²) in [6.45, 7) is 13.1. The number of nitrogens with zero attached hydrogens (tertiary/aromatic N) is 1. The molecule has 40 heavy (non-hydrogen) atoms. The Labute approximate surface area is 237 Å². The molecule has 2 aromatic rings. The van der Waals surface area contributed by atoms with Gasteiger partial charge < -0.3 is 24.7 Å². The van der Waals surface area contributed by atoms with E-state index < -0.39 is 23.5 Å². The Morgan fingerprint density at radius 2 is 1.93 bits per heavy atom. The third-order valence-electron chi connectivity index (χ3n) is 9.03. The van der Waals surface area contributed by atoms with E-state index in [0.717, 1.165) is 35.9 Å². The molecule has 0 aliphatic carbocycles. The van der Waals surface area contributed by atoms with Gasteiger partial charge in [0.1, 0.15) is 11.3 Å². The lowest BCUT2D eigenvalue weighted by molar-refractivity contribution is -0.144. The summed E-state index contributed by atoms with van der Waals surface area (Å²) in [5, 5.41) is 25.6. The number of amides is 1. The lowest BCUT2D eigenvalue weighted by atomic mass is 9.71. The summed E-state index contributed by atoms with van der Waals surface area (Å²) in [7, 11) is 0. The number of aliphatic hydroxyl groups excluding tert-OH is 2. The van der Waals surface area contributed by atoms with Gasteiger partial charge in [0.2, 0.25) is 5.91 Å². The molecule has 0 spiro atoms. The van der Waals surface area contributed by atoms with Crippen LogP contribution in [0.5, 0.6) is 0 Å². The molecular formula is C32H46N2O6. The number of oxazole rings is 1. The molecule has 1 aromatic carbocycles. The van der Waals surface area contributed by atoms with Crippen LogP contribution in [0, 0.1) is 24.2 Å². The van der Waals surface area contributed by atoms with Gasteiger partial charge in [0.25, 0.3) is 0 Å². The highest BCUT2D eigenvalue weighted by Crippen LogP contribution is 2.46. The highest BCUT2D eigenvalue weighted by Gasteiger charge is 2.52. The van der Waals surface area contributed by atoms with E-state index in [1.807, 2.05) is 45.0 Å². The molecule has 7 atom stereocenters. The summed E-state index contributed by atoms with van der Waals surface area (Å²) >= 11 is 0. The number of epoxide rings is 1. The second kappa shape index (κ2) is 11.7. The van der Waals surface area contributed by atoms with Gasteiger partial charge >= 0.3 is 0 Å². The smallest absolute Gasteiger partial charge is 0.223 e. The molecule has 4 rings (SSSR count). The molecule has 2 aliphatic heterocycles. The fourth-order valence-electron chi connectivity index (χ4n) is 6.01. The number of aliphatic hydroxyl groups is 2. The number of aromatic nitrogens is 1. The van der Waals surface area contributed by atoms with Crippen molar-refractivity contribution in [2.45, 2.75) is 117 Å². The number of aryl methyl sites for hydroxylation is 1. The lowest BCUT2D eigenvalue weighted by Crippen LogP contribution is -2.47. The quantitative estimate of drug-likeness (QED) is 0.345. The van der Waals surface area contributed by atoms with E-state index in [1.165, 1.54) is 0 Å². The molecule has 2 unspecified atom stereocenters. The number of rotatable bonds is 3. The maximum Gasteiger partial charge on any atom is 0.223 e. The third kappa shape index (κ3) is 6.67. The van der Waals surface area contributed by atoms with Crippen molar-refractivity contribution >= 4 is 22.8 Å². The highest BCUT2D eigenvalue weighted by atomic mass is 16.6. The number of nitrogens with one attached hydrogen (secondary N) is 1. The number of benzene rings is 1. The molecule has 2 saturated heterocycles. The van der Waals surface area contributed by atoms with Crippen LogP contribution in [0.3, 0.4) is 0 Å². The van der Waals surface area contributed by atoms with Gasteiger partial charge in [-0.2, -0.15) is 0 Å². The number of Topliss-reactive ketones (excluding diaryl/α,β-unsaturated/α-hetero) is 1. The zero-order chi connectivity index (χ0) is 29.4. The van der Waals surface area contributed by atoms with Crippen LogP contribution in [0.4, 0.5) is 0 Å². The van der Waals surface area contributed by atoms with Crippen LogP contribution in [0.25, 0.3) is 11.1 Å². The highest BCUT2D eigenvalue weighted by molar-refractivity contribution is 5.88. The monoisotopic (exact) mass is 554 g/mol. The first-order chi connectivity index (χ1) is 18.7. The van der Waals surface area contributed by atoms with Crippen molar-refractivity contribution in [1.29, 1.82) is 0 Å². The predicted molar refractivity (Wildman–Crippen MR) is 153 cm³/mol. The zero-order valence-electron chi connectivity index (χ0n) is 25.0. The van der Waals surface area contributed by atoms with E-state index in [2.05, 4.69) is 17.2 Å². The van der Waals surface area contributed by atoms with Crippen LogP contribution >= 0.6 is 0 Å². The van der Waals surface area contributed by atoms with Crippen molar-refractivity contribution < 1.29 is 29.0 Å². The molecule has 0 bridgehead atoms. The molecule has 1 amide bonds. The van der Waals surface area contributed by atoms with Gasteiger partial charge in [-0.15, -0.1) is 0 Å². The van der Waals surface area contributed by atoms with Crippen LogP contribution in [-0.4, -0.2) is 50.8 Å². The van der Waals surface area contributed by atoms with Gasteiger partial charge in [0, 0.05) is 19.3 Å². The van der Waals surface area contributed by atoms with Crippen molar-refractivity contribution in [2.24, 2.45) is 17.3 Å². The van der Waals surface area contributed by atoms with Crippen molar-refractivity contribution in [3.05, 3.63) is 41.3 Å². The summed E-state index contributed by atoms with van der Waals surface area (Å²) in [5.74, 6) is -0.771. The molecule has 0 saturated carbocycles. The summed E-state index contributed by atoms with van der Waals surface area (Å²) in [6.07, 6.45) is 3.04. The second-order valence-corrected chi connectivity index (χ2v) is 13.0. The number of carbonyl (C=O) groups excluding carboxylic acids is 2.